The summed E-state index contributed by atoms with van der Waals surface area (Å²) >= 11 is 0. The lowest BCUT2D eigenvalue weighted by molar-refractivity contribution is 0.252. The van der Waals surface area contributed by atoms with Crippen molar-refractivity contribution >= 4 is 21.6 Å². The van der Waals surface area contributed by atoms with Gasteiger partial charge in [0.2, 0.25) is 0 Å². The number of sulfone groups is 1. The van der Waals surface area contributed by atoms with Crippen molar-refractivity contribution < 1.29 is 13.2 Å². The largest absolute Gasteiger partial charge is 0.337 e. The molecule has 7 nitrogen and oxygen atoms in total. The highest BCUT2D eigenvalue weighted by Crippen LogP contribution is 2.17. The molecule has 1 aromatic carbocycles. The fourth-order valence-electron chi connectivity index (χ4n) is 1.93. The predicted octanol–water partition coefficient (Wildman–Crippen LogP) is 2.01. The van der Waals surface area contributed by atoms with Crippen LogP contribution in [0.4, 0.5) is 10.5 Å². The molecule has 0 unspecified atom stereocenters. The summed E-state index contributed by atoms with van der Waals surface area (Å²) in [6.45, 7) is 3.55. The summed E-state index contributed by atoms with van der Waals surface area (Å²) in [7, 11) is -3.08. The van der Waals surface area contributed by atoms with Crippen molar-refractivity contribution in [1.82, 2.24) is 15.3 Å². The van der Waals surface area contributed by atoms with Gasteiger partial charge >= 0.3 is 6.03 Å². The second-order valence-corrected chi connectivity index (χ2v) is 7.69. The number of amides is 2. The lowest BCUT2D eigenvalue weighted by Crippen LogP contribution is -2.33. The van der Waals surface area contributed by atoms with Gasteiger partial charge in [-0.15, -0.1) is 0 Å². The van der Waals surface area contributed by atoms with E-state index >= 15 is 0 Å². The highest BCUT2D eigenvalue weighted by Gasteiger charge is 2.08. The van der Waals surface area contributed by atoms with Gasteiger partial charge in [0.25, 0.3) is 0 Å². The zero-order chi connectivity index (χ0) is 17.6. The van der Waals surface area contributed by atoms with Crippen molar-refractivity contribution in [3.05, 3.63) is 42.2 Å². The van der Waals surface area contributed by atoms with E-state index in [9.17, 15) is 13.2 Å². The quantitative estimate of drug-likeness (QED) is 0.831. The molecule has 0 saturated heterocycles. The minimum atomic E-state index is -3.08. The Morgan fingerprint density at radius 2 is 1.88 bits per heavy atom. The maximum Gasteiger partial charge on any atom is 0.319 e. The van der Waals surface area contributed by atoms with Crippen LogP contribution in [0.5, 0.6) is 0 Å². The van der Waals surface area contributed by atoms with Gasteiger partial charge in [-0.3, -0.25) is 0 Å². The van der Waals surface area contributed by atoms with Gasteiger partial charge in [0.05, 0.1) is 5.75 Å². The van der Waals surface area contributed by atoms with E-state index in [-0.39, 0.29) is 18.1 Å². The molecule has 1 aromatic heterocycles. The highest BCUT2D eigenvalue weighted by molar-refractivity contribution is 7.91. The van der Waals surface area contributed by atoms with Gasteiger partial charge in [-0.2, -0.15) is 0 Å². The van der Waals surface area contributed by atoms with E-state index in [0.717, 1.165) is 11.3 Å². The van der Waals surface area contributed by atoms with E-state index in [1.165, 1.54) is 0 Å². The average molecular weight is 348 g/mol. The molecular weight excluding hydrogens is 328 g/mol. The molecule has 24 heavy (non-hydrogen) atoms. The summed E-state index contributed by atoms with van der Waals surface area (Å²) in [6, 6.07) is 8.48. The third kappa shape index (κ3) is 5.31. The fraction of sp³-hybridized carbons (Fsp3) is 0.312. The first kappa shape index (κ1) is 17.9. The first-order chi connectivity index (χ1) is 11.4. The van der Waals surface area contributed by atoms with E-state index in [4.69, 9.17) is 0 Å². The normalized spacial score (nSPS) is 11.1. The van der Waals surface area contributed by atoms with Crippen LogP contribution in [-0.2, 0) is 9.84 Å². The van der Waals surface area contributed by atoms with E-state index in [2.05, 4.69) is 20.6 Å². The van der Waals surface area contributed by atoms with Crippen molar-refractivity contribution in [2.24, 2.45) is 0 Å². The van der Waals surface area contributed by atoms with Crippen LogP contribution in [0.2, 0.25) is 0 Å². The van der Waals surface area contributed by atoms with E-state index < -0.39 is 15.9 Å². The van der Waals surface area contributed by atoms with Crippen molar-refractivity contribution in [1.29, 1.82) is 0 Å². The Bertz CT molecular complexity index is 804. The zero-order valence-corrected chi connectivity index (χ0v) is 14.4. The van der Waals surface area contributed by atoms with Gasteiger partial charge in [-0.05, 0) is 37.3 Å². The van der Waals surface area contributed by atoms with Crippen molar-refractivity contribution in [3.8, 4) is 11.4 Å². The molecule has 0 aliphatic heterocycles. The lowest BCUT2D eigenvalue weighted by Gasteiger charge is -2.08. The Labute approximate surface area is 141 Å². The second-order valence-electron chi connectivity index (χ2n) is 5.22. The van der Waals surface area contributed by atoms with Gasteiger partial charge in [0, 0.05) is 35.4 Å². The molecule has 2 N–H and O–H groups in total. The molecule has 8 heteroatoms. The Kier molecular flexibility index (Phi) is 5.86. The maximum atomic E-state index is 11.7. The molecule has 0 saturated carbocycles. The molecule has 0 aliphatic rings. The number of hydrogen-bond donors (Lipinski definition) is 2. The SMILES string of the molecule is CCS(=O)(=O)CCNC(=O)Nc1ccc(-c2nccc(C)n2)cc1. The van der Waals surface area contributed by atoms with Crippen LogP contribution in [-0.4, -0.2) is 42.5 Å². The number of urea groups is 1. The maximum absolute atomic E-state index is 11.7. The Morgan fingerprint density at radius 3 is 2.50 bits per heavy atom. The summed E-state index contributed by atoms with van der Waals surface area (Å²) < 4.78 is 22.7. The summed E-state index contributed by atoms with van der Waals surface area (Å²) in [5.74, 6) is 0.620. The number of carbonyl (C=O) groups is 1. The first-order valence-electron chi connectivity index (χ1n) is 7.55. The number of nitrogens with one attached hydrogen (secondary N) is 2. The number of carbonyl (C=O) groups excluding carboxylic acids is 1. The molecule has 0 spiro atoms. The number of rotatable bonds is 6. The Balaban J connectivity index is 1.91. The summed E-state index contributed by atoms with van der Waals surface area (Å²) in [5, 5.41) is 5.17. The van der Waals surface area contributed by atoms with E-state index in [0.29, 0.717) is 11.5 Å². The van der Waals surface area contributed by atoms with Gasteiger partial charge in [-0.1, -0.05) is 6.92 Å². The van der Waals surface area contributed by atoms with Crippen molar-refractivity contribution in [3.63, 3.8) is 0 Å². The minimum absolute atomic E-state index is 0.0682. The molecule has 1 heterocycles. The van der Waals surface area contributed by atoms with Crippen LogP contribution in [0.25, 0.3) is 11.4 Å². The third-order valence-electron chi connectivity index (χ3n) is 3.33. The van der Waals surface area contributed by atoms with Crippen LogP contribution in [0, 0.1) is 6.92 Å². The van der Waals surface area contributed by atoms with Gasteiger partial charge in [0.1, 0.15) is 0 Å². The van der Waals surface area contributed by atoms with Crippen LogP contribution in [0.3, 0.4) is 0 Å². The molecule has 0 aliphatic carbocycles. The summed E-state index contributed by atoms with van der Waals surface area (Å²) in [5.41, 5.74) is 2.32. The van der Waals surface area contributed by atoms with Crippen LogP contribution >= 0.6 is 0 Å². The molecule has 128 valence electrons. The Hall–Kier alpha value is -2.48. The number of nitrogens with zero attached hydrogens (tertiary/aromatic N) is 2. The van der Waals surface area contributed by atoms with Gasteiger partial charge in [0.15, 0.2) is 15.7 Å². The lowest BCUT2D eigenvalue weighted by atomic mass is 10.2. The minimum Gasteiger partial charge on any atom is -0.337 e. The fourth-order valence-corrected chi connectivity index (χ4v) is 2.63. The Morgan fingerprint density at radius 1 is 1.17 bits per heavy atom. The third-order valence-corrected chi connectivity index (χ3v) is 5.04. The van der Waals surface area contributed by atoms with E-state index in [1.54, 1.807) is 25.3 Å². The first-order valence-corrected chi connectivity index (χ1v) is 9.37. The van der Waals surface area contributed by atoms with Crippen LogP contribution in [0.15, 0.2) is 36.5 Å². The molecule has 2 aromatic rings. The smallest absolute Gasteiger partial charge is 0.319 e. The average Bonchev–Trinajstić information content (AvgIpc) is 2.55. The van der Waals surface area contributed by atoms with Crippen LogP contribution in [0.1, 0.15) is 12.6 Å². The zero-order valence-electron chi connectivity index (χ0n) is 13.6. The molecule has 0 radical (unpaired) electrons. The molecule has 0 atom stereocenters. The standard InChI is InChI=1S/C16H20N4O3S/c1-3-24(22,23)11-10-18-16(21)20-14-6-4-13(5-7-14)15-17-9-8-12(2)19-15/h4-9H,3,10-11H2,1-2H3,(H2,18,20,21). The van der Waals surface area contributed by atoms with Crippen molar-refractivity contribution in [2.75, 3.05) is 23.4 Å². The molecule has 0 fully saturated rings. The topological polar surface area (TPSA) is 101 Å². The monoisotopic (exact) mass is 348 g/mol. The van der Waals surface area contributed by atoms with Crippen molar-refractivity contribution in [2.45, 2.75) is 13.8 Å². The van der Waals surface area contributed by atoms with E-state index in [1.807, 2.05) is 25.1 Å². The number of aryl methyl sites for hydroxylation is 1. The highest BCUT2D eigenvalue weighted by atomic mass is 32.2. The predicted molar refractivity (Wildman–Crippen MR) is 93.6 cm³/mol. The van der Waals surface area contributed by atoms with Crippen LogP contribution < -0.4 is 10.6 Å². The number of hydrogen-bond acceptors (Lipinski definition) is 5. The second kappa shape index (κ2) is 7.87. The molecule has 0 bridgehead atoms. The summed E-state index contributed by atoms with van der Waals surface area (Å²) in [6.07, 6.45) is 1.70. The summed E-state index contributed by atoms with van der Waals surface area (Å²) in [4.78, 5) is 20.3. The van der Waals surface area contributed by atoms with Gasteiger partial charge in [-0.25, -0.2) is 23.2 Å². The number of anilines is 1. The van der Waals surface area contributed by atoms with Gasteiger partial charge < -0.3 is 10.6 Å². The molecular formula is C16H20N4O3S. The molecule has 2 rings (SSSR count). The number of benzene rings is 1. The number of aromatic nitrogens is 2. The molecule has 2 amide bonds.